The second-order valence-electron chi connectivity index (χ2n) is 4.50. The van der Waals surface area contributed by atoms with E-state index < -0.39 is 0 Å². The topological polar surface area (TPSA) is 44.2 Å². The maximum absolute atomic E-state index is 6.15. The average Bonchev–Trinajstić information content (AvgIpc) is 2.88. The van der Waals surface area contributed by atoms with Crippen LogP contribution in [0.5, 0.6) is 11.5 Å². The fourth-order valence-corrected chi connectivity index (χ4v) is 2.97. The lowest BCUT2D eigenvalue weighted by Gasteiger charge is -2.33. The fourth-order valence-electron chi connectivity index (χ4n) is 2.15. The zero-order valence-electron chi connectivity index (χ0n) is 10.6. The first-order chi connectivity index (χ1) is 8.68. The second kappa shape index (κ2) is 3.95. The van der Waals surface area contributed by atoms with Crippen LogP contribution < -0.4 is 9.47 Å². The Hall–Kier alpha value is -1.62. The summed E-state index contributed by atoms with van der Waals surface area (Å²) in [4.78, 5) is 1.10. The number of fused-ring (bicyclic) bond motifs is 3. The number of methoxy groups -OCH3 is 1. The molecule has 2 heterocycles. The molecule has 0 bridgehead atoms. The van der Waals surface area contributed by atoms with Gasteiger partial charge in [-0.1, -0.05) is 11.4 Å². The van der Waals surface area contributed by atoms with Crippen molar-refractivity contribution in [3.8, 4) is 22.8 Å². The van der Waals surface area contributed by atoms with Gasteiger partial charge in [-0.25, -0.2) is 0 Å². The highest BCUT2D eigenvalue weighted by atomic mass is 32.1. The minimum absolute atomic E-state index is 0.344. The Morgan fingerprint density at radius 3 is 3.00 bits per heavy atom. The van der Waals surface area contributed by atoms with Crippen molar-refractivity contribution in [2.24, 2.45) is 0 Å². The van der Waals surface area contributed by atoms with Crippen molar-refractivity contribution < 1.29 is 9.47 Å². The molecule has 0 N–H and O–H groups in total. The Labute approximate surface area is 110 Å². The molecule has 1 aliphatic heterocycles. The van der Waals surface area contributed by atoms with Gasteiger partial charge >= 0.3 is 0 Å². The predicted octanol–water partition coefficient (Wildman–Crippen LogP) is 3.23. The Bertz CT molecular complexity index is 596. The van der Waals surface area contributed by atoms with Crippen molar-refractivity contribution >= 4 is 11.5 Å². The third kappa shape index (κ3) is 1.50. The largest absolute Gasteiger partial charge is 0.497 e. The van der Waals surface area contributed by atoms with E-state index in [1.807, 2.05) is 18.2 Å². The van der Waals surface area contributed by atoms with Gasteiger partial charge in [0.05, 0.1) is 12.0 Å². The number of ether oxygens (including phenoxy) is 2. The normalized spacial score (nSPS) is 20.8. The van der Waals surface area contributed by atoms with E-state index in [0.717, 1.165) is 34.1 Å². The van der Waals surface area contributed by atoms with Gasteiger partial charge in [0.25, 0.3) is 0 Å². The molecule has 0 amide bonds. The van der Waals surface area contributed by atoms with Gasteiger partial charge < -0.3 is 9.47 Å². The van der Waals surface area contributed by atoms with Crippen LogP contribution in [0.15, 0.2) is 18.2 Å². The zero-order chi connectivity index (χ0) is 12.8. The summed E-state index contributed by atoms with van der Waals surface area (Å²) in [5.74, 6) is 1.61. The van der Waals surface area contributed by atoms with Crippen molar-refractivity contribution in [1.82, 2.24) is 9.59 Å². The number of nitrogens with zero attached hydrogens (tertiary/aromatic N) is 2. The van der Waals surface area contributed by atoms with Gasteiger partial charge in [0, 0.05) is 11.6 Å². The zero-order valence-corrected chi connectivity index (χ0v) is 11.4. The van der Waals surface area contributed by atoms with E-state index in [1.165, 1.54) is 11.5 Å². The maximum Gasteiger partial charge on any atom is 0.144 e. The average molecular weight is 262 g/mol. The van der Waals surface area contributed by atoms with Crippen LogP contribution in [0.1, 0.15) is 25.1 Å². The van der Waals surface area contributed by atoms with Crippen LogP contribution in [0.3, 0.4) is 0 Å². The fraction of sp³-hybridized carbons (Fsp3) is 0.385. The first kappa shape index (κ1) is 11.5. The van der Waals surface area contributed by atoms with Crippen LogP contribution in [0.2, 0.25) is 0 Å². The molecule has 0 spiro atoms. The summed E-state index contributed by atoms with van der Waals surface area (Å²) in [6.45, 7) is 4.18. The van der Waals surface area contributed by atoms with E-state index in [2.05, 4.69) is 23.4 Å². The van der Waals surface area contributed by atoms with Crippen LogP contribution >= 0.6 is 11.5 Å². The third-order valence-electron chi connectivity index (χ3n) is 3.42. The van der Waals surface area contributed by atoms with Crippen LogP contribution in [0, 0.1) is 0 Å². The molecular weight excluding hydrogens is 248 g/mol. The molecule has 0 radical (unpaired) electrons. The minimum Gasteiger partial charge on any atom is -0.497 e. The van der Waals surface area contributed by atoms with Crippen molar-refractivity contribution in [2.45, 2.75) is 25.9 Å². The lowest BCUT2D eigenvalue weighted by Crippen LogP contribution is -2.30. The molecule has 0 saturated heterocycles. The quantitative estimate of drug-likeness (QED) is 0.833. The molecule has 1 unspecified atom stereocenters. The smallest absolute Gasteiger partial charge is 0.144 e. The molecule has 94 valence electrons. The first-order valence-electron chi connectivity index (χ1n) is 5.88. The standard InChI is InChI=1S/C13H14N2O2S/c1-4-13(2)12-11(14-15-18-12)9-6-5-8(16-3)7-10(9)17-13/h5-7H,4H2,1-3H3. The van der Waals surface area contributed by atoms with Crippen LogP contribution in [-0.4, -0.2) is 16.7 Å². The highest BCUT2D eigenvalue weighted by Crippen LogP contribution is 2.47. The van der Waals surface area contributed by atoms with Gasteiger partial charge in [0.15, 0.2) is 0 Å². The molecule has 1 aromatic carbocycles. The summed E-state index contributed by atoms with van der Waals surface area (Å²) >= 11 is 1.41. The first-order valence-corrected chi connectivity index (χ1v) is 6.65. The van der Waals surface area contributed by atoms with E-state index >= 15 is 0 Å². The molecular formula is C13H14N2O2S. The Balaban J connectivity index is 2.21. The van der Waals surface area contributed by atoms with Gasteiger partial charge in [0.2, 0.25) is 0 Å². The minimum atomic E-state index is -0.344. The van der Waals surface area contributed by atoms with Gasteiger partial charge in [0.1, 0.15) is 22.8 Å². The molecule has 0 aliphatic carbocycles. The molecule has 5 heteroatoms. The highest BCUT2D eigenvalue weighted by Gasteiger charge is 2.38. The molecule has 4 nitrogen and oxygen atoms in total. The maximum atomic E-state index is 6.15. The lowest BCUT2D eigenvalue weighted by molar-refractivity contribution is 0.0831. The summed E-state index contributed by atoms with van der Waals surface area (Å²) in [5, 5.41) is 4.24. The molecule has 0 fully saturated rings. The van der Waals surface area contributed by atoms with Crippen molar-refractivity contribution in [1.29, 1.82) is 0 Å². The number of hydrogen-bond donors (Lipinski definition) is 0. The van der Waals surface area contributed by atoms with Gasteiger partial charge in [-0.05, 0) is 37.0 Å². The van der Waals surface area contributed by atoms with Crippen LogP contribution in [-0.2, 0) is 5.60 Å². The van der Waals surface area contributed by atoms with E-state index in [4.69, 9.17) is 9.47 Å². The monoisotopic (exact) mass is 262 g/mol. The predicted molar refractivity (Wildman–Crippen MR) is 70.2 cm³/mol. The molecule has 18 heavy (non-hydrogen) atoms. The Kier molecular flexibility index (Phi) is 2.52. The third-order valence-corrected chi connectivity index (χ3v) is 4.39. The molecule has 3 rings (SSSR count). The summed E-state index contributed by atoms with van der Waals surface area (Å²) < 4.78 is 15.5. The van der Waals surface area contributed by atoms with Crippen LogP contribution in [0.4, 0.5) is 0 Å². The van der Waals surface area contributed by atoms with E-state index in [9.17, 15) is 0 Å². The second-order valence-corrected chi connectivity index (χ2v) is 5.25. The van der Waals surface area contributed by atoms with Gasteiger partial charge in [-0.15, -0.1) is 5.10 Å². The Morgan fingerprint density at radius 2 is 2.28 bits per heavy atom. The molecule has 0 saturated carbocycles. The van der Waals surface area contributed by atoms with Crippen molar-refractivity contribution in [3.05, 3.63) is 23.1 Å². The van der Waals surface area contributed by atoms with E-state index in [1.54, 1.807) is 7.11 Å². The van der Waals surface area contributed by atoms with Gasteiger partial charge in [-0.2, -0.15) is 0 Å². The summed E-state index contributed by atoms with van der Waals surface area (Å²) in [7, 11) is 1.65. The van der Waals surface area contributed by atoms with Crippen molar-refractivity contribution in [2.75, 3.05) is 7.11 Å². The van der Waals surface area contributed by atoms with Crippen LogP contribution in [0.25, 0.3) is 11.3 Å². The highest BCUT2D eigenvalue weighted by molar-refractivity contribution is 7.06. The van der Waals surface area contributed by atoms with E-state index in [-0.39, 0.29) is 5.60 Å². The lowest BCUT2D eigenvalue weighted by atomic mass is 9.93. The summed E-state index contributed by atoms with van der Waals surface area (Å²) in [6.07, 6.45) is 0.876. The number of rotatable bonds is 2. The molecule has 2 aromatic rings. The SMILES string of the molecule is CCC1(C)Oc2cc(OC)ccc2-c2nnsc21. The van der Waals surface area contributed by atoms with E-state index in [0.29, 0.717) is 0 Å². The summed E-state index contributed by atoms with van der Waals surface area (Å²) in [6, 6.07) is 5.80. The number of hydrogen-bond acceptors (Lipinski definition) is 5. The number of benzene rings is 1. The summed E-state index contributed by atoms with van der Waals surface area (Å²) in [5.41, 5.74) is 1.58. The number of aromatic nitrogens is 2. The molecule has 1 atom stereocenters. The van der Waals surface area contributed by atoms with Crippen molar-refractivity contribution in [3.63, 3.8) is 0 Å². The molecule has 1 aromatic heterocycles. The molecule has 1 aliphatic rings. The van der Waals surface area contributed by atoms with Gasteiger partial charge in [-0.3, -0.25) is 0 Å². The Morgan fingerprint density at radius 1 is 1.44 bits per heavy atom.